The van der Waals surface area contributed by atoms with Gasteiger partial charge in [0.15, 0.2) is 0 Å². The first-order valence-corrected chi connectivity index (χ1v) is 12.3. The van der Waals surface area contributed by atoms with Gasteiger partial charge in [-0.1, -0.05) is 101 Å². The molecule has 0 saturated carbocycles. The Morgan fingerprint density at radius 2 is 0.938 bits per heavy atom. The van der Waals surface area contributed by atoms with Crippen LogP contribution in [0.15, 0.2) is 42.9 Å². The minimum absolute atomic E-state index is 0.422. The SMILES string of the molecule is CC(C)/C=C/C(C)C.CC(C)c1ccc(C(C)C)nc1.CC(C)c1cnc(C(C)C)nc1. The van der Waals surface area contributed by atoms with E-state index in [-0.39, 0.29) is 0 Å². The van der Waals surface area contributed by atoms with E-state index in [4.69, 9.17) is 0 Å². The second-order valence-electron chi connectivity index (χ2n) is 10.4. The van der Waals surface area contributed by atoms with Gasteiger partial charge in [0.2, 0.25) is 0 Å². The summed E-state index contributed by atoms with van der Waals surface area (Å²) in [5, 5.41) is 0. The molecule has 0 saturated heterocycles. The van der Waals surface area contributed by atoms with Crippen molar-refractivity contribution in [3.63, 3.8) is 0 Å². The molecular formula is C29H49N3. The van der Waals surface area contributed by atoms with Crippen LogP contribution in [0.2, 0.25) is 0 Å². The Labute approximate surface area is 199 Å². The Hall–Kier alpha value is -2.03. The molecule has 2 rings (SSSR count). The van der Waals surface area contributed by atoms with Crippen molar-refractivity contribution in [3.8, 4) is 0 Å². The molecule has 0 spiro atoms. The number of aromatic nitrogens is 3. The third-order valence-corrected chi connectivity index (χ3v) is 4.82. The van der Waals surface area contributed by atoms with E-state index in [9.17, 15) is 0 Å². The first-order chi connectivity index (χ1) is 14.8. The maximum absolute atomic E-state index is 4.40. The molecule has 0 atom stereocenters. The molecule has 2 heterocycles. The summed E-state index contributed by atoms with van der Waals surface area (Å²) in [6, 6.07) is 4.30. The lowest BCUT2D eigenvalue weighted by Gasteiger charge is -2.07. The van der Waals surface area contributed by atoms with Crippen LogP contribution in [-0.2, 0) is 0 Å². The zero-order valence-electron chi connectivity index (χ0n) is 22.8. The molecule has 0 bridgehead atoms. The Morgan fingerprint density at radius 1 is 0.500 bits per heavy atom. The molecule has 0 aliphatic heterocycles. The van der Waals surface area contributed by atoms with E-state index < -0.39 is 0 Å². The van der Waals surface area contributed by atoms with Crippen LogP contribution < -0.4 is 0 Å². The van der Waals surface area contributed by atoms with Gasteiger partial charge in [-0.05, 0) is 46.8 Å². The van der Waals surface area contributed by atoms with Crippen molar-refractivity contribution in [2.24, 2.45) is 11.8 Å². The molecular weight excluding hydrogens is 390 g/mol. The van der Waals surface area contributed by atoms with Crippen molar-refractivity contribution >= 4 is 0 Å². The number of allylic oxidation sites excluding steroid dienone is 2. The van der Waals surface area contributed by atoms with E-state index in [1.807, 2.05) is 18.6 Å². The first-order valence-electron chi connectivity index (χ1n) is 12.3. The van der Waals surface area contributed by atoms with Crippen molar-refractivity contribution in [1.29, 1.82) is 0 Å². The van der Waals surface area contributed by atoms with Gasteiger partial charge in [-0.2, -0.15) is 0 Å². The van der Waals surface area contributed by atoms with Crippen molar-refractivity contribution in [1.82, 2.24) is 15.0 Å². The summed E-state index contributed by atoms with van der Waals surface area (Å²) in [5.41, 5.74) is 3.71. The van der Waals surface area contributed by atoms with Crippen LogP contribution in [0.4, 0.5) is 0 Å². The summed E-state index contributed by atoms with van der Waals surface area (Å²) in [4.78, 5) is 13.0. The molecule has 2 aromatic rings. The highest BCUT2D eigenvalue weighted by Crippen LogP contribution is 2.16. The van der Waals surface area contributed by atoms with Crippen LogP contribution in [0.5, 0.6) is 0 Å². The molecule has 0 amide bonds. The molecule has 0 unspecified atom stereocenters. The lowest BCUT2D eigenvalue weighted by molar-refractivity contribution is 0.754. The second-order valence-corrected chi connectivity index (χ2v) is 10.4. The fraction of sp³-hybridized carbons (Fsp3) is 0.621. The minimum Gasteiger partial charge on any atom is -0.261 e. The van der Waals surface area contributed by atoms with Gasteiger partial charge >= 0.3 is 0 Å². The number of hydrogen-bond donors (Lipinski definition) is 0. The summed E-state index contributed by atoms with van der Waals surface area (Å²) in [7, 11) is 0. The number of pyridine rings is 1. The largest absolute Gasteiger partial charge is 0.261 e. The smallest absolute Gasteiger partial charge is 0.130 e. The van der Waals surface area contributed by atoms with Crippen molar-refractivity contribution in [2.75, 3.05) is 0 Å². The van der Waals surface area contributed by atoms with Crippen molar-refractivity contribution in [3.05, 3.63) is 65.5 Å². The van der Waals surface area contributed by atoms with Crippen LogP contribution in [0.25, 0.3) is 0 Å². The van der Waals surface area contributed by atoms with Crippen molar-refractivity contribution < 1.29 is 0 Å². The normalized spacial score (nSPS) is 11.4. The molecule has 0 aliphatic carbocycles. The molecule has 0 fully saturated rings. The molecule has 0 radical (unpaired) electrons. The molecule has 0 aliphatic rings. The standard InChI is InChI=1S/C11H17N.C10H16N2.C8H16/c1-8(2)10-5-6-11(9(3)4)12-7-10;1-7(2)9-5-11-10(8(3)4)12-6-9;1-7(2)5-6-8(3)4/h5-9H,1-4H3;5-8H,1-4H3;5-8H,1-4H3/b;;6-5+. The third kappa shape index (κ3) is 13.4. The van der Waals surface area contributed by atoms with Gasteiger partial charge in [0, 0.05) is 30.2 Å². The Bertz CT molecular complexity index is 617. The number of nitrogens with zero attached hydrogens (tertiary/aromatic N) is 3. The zero-order chi connectivity index (χ0) is 24.8. The summed E-state index contributed by atoms with van der Waals surface area (Å²) in [5.74, 6) is 4.40. The van der Waals surface area contributed by atoms with Crippen LogP contribution in [-0.4, -0.2) is 15.0 Å². The van der Waals surface area contributed by atoms with Gasteiger partial charge < -0.3 is 0 Å². The van der Waals surface area contributed by atoms with Gasteiger partial charge in [0.25, 0.3) is 0 Å². The average molecular weight is 440 g/mol. The van der Waals surface area contributed by atoms with E-state index in [2.05, 4.69) is 122 Å². The highest BCUT2D eigenvalue weighted by molar-refractivity contribution is 5.18. The van der Waals surface area contributed by atoms with E-state index in [1.165, 1.54) is 16.8 Å². The van der Waals surface area contributed by atoms with Crippen LogP contribution >= 0.6 is 0 Å². The number of hydrogen-bond acceptors (Lipinski definition) is 3. The molecule has 3 heteroatoms. The lowest BCUT2D eigenvalue weighted by atomic mass is 10.0. The highest BCUT2D eigenvalue weighted by atomic mass is 14.9. The monoisotopic (exact) mass is 439 g/mol. The fourth-order valence-electron chi connectivity index (χ4n) is 2.49. The summed E-state index contributed by atoms with van der Waals surface area (Å²) >= 11 is 0. The molecule has 0 N–H and O–H groups in total. The summed E-state index contributed by atoms with van der Waals surface area (Å²) < 4.78 is 0. The van der Waals surface area contributed by atoms with Crippen LogP contribution in [0, 0.1) is 11.8 Å². The molecule has 0 aromatic carbocycles. The van der Waals surface area contributed by atoms with E-state index >= 15 is 0 Å². The Kier molecular flexibility index (Phi) is 14.7. The zero-order valence-corrected chi connectivity index (χ0v) is 22.8. The third-order valence-electron chi connectivity index (χ3n) is 4.82. The van der Waals surface area contributed by atoms with E-state index in [1.54, 1.807) is 0 Å². The molecule has 2 aromatic heterocycles. The van der Waals surface area contributed by atoms with E-state index in [0.29, 0.717) is 35.5 Å². The maximum atomic E-state index is 4.40. The van der Waals surface area contributed by atoms with Gasteiger partial charge in [0.05, 0.1) is 0 Å². The predicted octanol–water partition coefficient (Wildman–Crippen LogP) is 8.91. The molecule has 3 nitrogen and oxygen atoms in total. The van der Waals surface area contributed by atoms with Gasteiger partial charge in [-0.3, -0.25) is 4.98 Å². The van der Waals surface area contributed by atoms with E-state index in [0.717, 1.165) is 5.82 Å². The Balaban J connectivity index is 0.000000462. The first kappa shape index (κ1) is 30.0. The van der Waals surface area contributed by atoms with Crippen LogP contribution in [0.3, 0.4) is 0 Å². The summed E-state index contributed by atoms with van der Waals surface area (Å²) in [6.07, 6.45) is 10.3. The predicted molar refractivity (Wildman–Crippen MR) is 141 cm³/mol. The number of rotatable bonds is 6. The highest BCUT2D eigenvalue weighted by Gasteiger charge is 2.04. The van der Waals surface area contributed by atoms with Gasteiger partial charge in [-0.15, -0.1) is 0 Å². The van der Waals surface area contributed by atoms with Crippen LogP contribution in [0.1, 0.15) is 129 Å². The minimum atomic E-state index is 0.422. The van der Waals surface area contributed by atoms with Gasteiger partial charge in [-0.25, -0.2) is 9.97 Å². The lowest BCUT2D eigenvalue weighted by Crippen LogP contribution is -1.99. The van der Waals surface area contributed by atoms with Gasteiger partial charge in [0.1, 0.15) is 5.82 Å². The topological polar surface area (TPSA) is 38.7 Å². The summed E-state index contributed by atoms with van der Waals surface area (Å²) in [6.45, 7) is 26.0. The maximum Gasteiger partial charge on any atom is 0.130 e. The molecule has 180 valence electrons. The quantitative estimate of drug-likeness (QED) is 0.422. The second kappa shape index (κ2) is 15.7. The fourth-order valence-corrected chi connectivity index (χ4v) is 2.49. The molecule has 32 heavy (non-hydrogen) atoms. The van der Waals surface area contributed by atoms with Crippen molar-refractivity contribution in [2.45, 2.75) is 107 Å². The average Bonchev–Trinajstić information content (AvgIpc) is 2.73. The Morgan fingerprint density at radius 3 is 1.22 bits per heavy atom.